The van der Waals surface area contributed by atoms with Crippen molar-refractivity contribution < 1.29 is 0 Å². The summed E-state index contributed by atoms with van der Waals surface area (Å²) in [5.41, 5.74) is 6.20. The highest BCUT2D eigenvalue weighted by molar-refractivity contribution is 6.03. The van der Waals surface area contributed by atoms with Crippen LogP contribution in [0.2, 0.25) is 0 Å². The van der Waals surface area contributed by atoms with Gasteiger partial charge in [-0.25, -0.2) is 9.67 Å². The second-order valence-corrected chi connectivity index (χ2v) is 6.39. The Bertz CT molecular complexity index is 1190. The fraction of sp³-hybridized carbons (Fsp3) is 0. The molecule has 0 fully saturated rings. The summed E-state index contributed by atoms with van der Waals surface area (Å²) in [7, 11) is 0. The Morgan fingerprint density at radius 1 is 0.593 bits per heavy atom. The summed E-state index contributed by atoms with van der Waals surface area (Å²) in [6.07, 6.45) is 1.86. The zero-order valence-corrected chi connectivity index (χ0v) is 14.7. The Morgan fingerprint density at radius 3 is 1.85 bits per heavy atom. The zero-order chi connectivity index (χ0) is 18.1. The number of fused-ring (bicyclic) bond motifs is 1. The Hall–Kier alpha value is -3.72. The third kappa shape index (κ3) is 2.70. The van der Waals surface area contributed by atoms with Crippen molar-refractivity contribution in [2.24, 2.45) is 0 Å². The van der Waals surface area contributed by atoms with E-state index in [0.717, 1.165) is 39.1 Å². The number of hydrogen-bond acceptors (Lipinski definition) is 2. The lowest BCUT2D eigenvalue weighted by Gasteiger charge is -2.06. The van der Waals surface area contributed by atoms with Crippen LogP contribution < -0.4 is 0 Å². The standard InChI is InChI=1S/C24H17N3/c1-4-10-18(11-5-1)21-16-17-25-24-22(21)23(19-12-6-2-7-13-19)26-27(24)20-14-8-3-9-15-20/h1-17H. The van der Waals surface area contributed by atoms with E-state index in [1.807, 2.05) is 53.3 Å². The molecule has 0 bridgehead atoms. The number of rotatable bonds is 3. The Kier molecular flexibility index (Phi) is 3.76. The molecule has 0 saturated carbocycles. The fourth-order valence-electron chi connectivity index (χ4n) is 3.45. The Balaban J connectivity index is 1.87. The second-order valence-electron chi connectivity index (χ2n) is 6.39. The first-order valence-corrected chi connectivity index (χ1v) is 8.96. The molecule has 5 rings (SSSR count). The van der Waals surface area contributed by atoms with E-state index < -0.39 is 0 Å². The van der Waals surface area contributed by atoms with Crippen LogP contribution in [0.5, 0.6) is 0 Å². The highest BCUT2D eigenvalue weighted by Gasteiger charge is 2.18. The maximum absolute atomic E-state index is 4.97. The zero-order valence-electron chi connectivity index (χ0n) is 14.7. The minimum absolute atomic E-state index is 0.862. The smallest absolute Gasteiger partial charge is 0.164 e. The van der Waals surface area contributed by atoms with Crippen molar-refractivity contribution in [3.05, 3.63) is 103 Å². The summed E-state index contributed by atoms with van der Waals surface area (Å²) in [5, 5.41) is 6.04. The molecule has 0 radical (unpaired) electrons. The first-order chi connectivity index (χ1) is 13.4. The third-order valence-electron chi connectivity index (χ3n) is 4.70. The van der Waals surface area contributed by atoms with Crippen LogP contribution >= 0.6 is 0 Å². The van der Waals surface area contributed by atoms with Gasteiger partial charge in [-0.2, -0.15) is 5.10 Å². The van der Waals surface area contributed by atoms with Crippen LogP contribution in [0.15, 0.2) is 103 Å². The van der Waals surface area contributed by atoms with E-state index in [-0.39, 0.29) is 0 Å². The minimum Gasteiger partial charge on any atom is -0.236 e. The summed E-state index contributed by atoms with van der Waals surface area (Å²) in [5.74, 6) is 0. The van der Waals surface area contributed by atoms with E-state index >= 15 is 0 Å². The molecule has 3 heteroatoms. The predicted molar refractivity (Wildman–Crippen MR) is 110 cm³/mol. The van der Waals surface area contributed by atoms with E-state index in [1.165, 1.54) is 0 Å². The molecule has 0 aliphatic heterocycles. The molecule has 128 valence electrons. The van der Waals surface area contributed by atoms with E-state index in [4.69, 9.17) is 10.1 Å². The number of hydrogen-bond donors (Lipinski definition) is 0. The summed E-state index contributed by atoms with van der Waals surface area (Å²) in [6.45, 7) is 0. The van der Waals surface area contributed by atoms with Gasteiger partial charge in [0.1, 0.15) is 5.69 Å². The Morgan fingerprint density at radius 2 is 1.19 bits per heavy atom. The molecule has 5 aromatic rings. The fourth-order valence-corrected chi connectivity index (χ4v) is 3.45. The van der Waals surface area contributed by atoms with Crippen LogP contribution in [-0.4, -0.2) is 14.8 Å². The van der Waals surface area contributed by atoms with Gasteiger partial charge in [-0.05, 0) is 29.3 Å². The minimum atomic E-state index is 0.862. The summed E-state index contributed by atoms with van der Waals surface area (Å²) < 4.78 is 1.93. The lowest BCUT2D eigenvalue weighted by atomic mass is 10.00. The number of pyridine rings is 1. The van der Waals surface area contributed by atoms with Crippen molar-refractivity contribution >= 4 is 11.0 Å². The van der Waals surface area contributed by atoms with Gasteiger partial charge in [0.25, 0.3) is 0 Å². The van der Waals surface area contributed by atoms with Crippen molar-refractivity contribution in [2.45, 2.75) is 0 Å². The van der Waals surface area contributed by atoms with Crippen LogP contribution in [0, 0.1) is 0 Å². The van der Waals surface area contributed by atoms with Gasteiger partial charge in [-0.3, -0.25) is 0 Å². The molecule has 2 heterocycles. The van der Waals surface area contributed by atoms with E-state index in [0.29, 0.717) is 0 Å². The molecule has 0 unspecified atom stereocenters. The molecule has 3 nitrogen and oxygen atoms in total. The molecule has 0 saturated heterocycles. The number of aromatic nitrogens is 3. The molecular weight excluding hydrogens is 330 g/mol. The molecule has 0 aliphatic carbocycles. The van der Waals surface area contributed by atoms with Crippen molar-refractivity contribution in [2.75, 3.05) is 0 Å². The van der Waals surface area contributed by atoms with Crippen LogP contribution in [0.3, 0.4) is 0 Å². The number of benzene rings is 3. The lowest BCUT2D eigenvalue weighted by Crippen LogP contribution is -1.97. The number of nitrogens with zero attached hydrogens (tertiary/aromatic N) is 3. The van der Waals surface area contributed by atoms with Gasteiger partial charge < -0.3 is 0 Å². The lowest BCUT2D eigenvalue weighted by molar-refractivity contribution is 0.901. The van der Waals surface area contributed by atoms with Gasteiger partial charge in [0.2, 0.25) is 0 Å². The van der Waals surface area contributed by atoms with Crippen molar-refractivity contribution in [1.82, 2.24) is 14.8 Å². The molecule has 0 atom stereocenters. The van der Waals surface area contributed by atoms with Gasteiger partial charge in [0.15, 0.2) is 5.65 Å². The van der Waals surface area contributed by atoms with Crippen molar-refractivity contribution in [3.63, 3.8) is 0 Å². The van der Waals surface area contributed by atoms with Gasteiger partial charge in [0, 0.05) is 11.8 Å². The quantitative estimate of drug-likeness (QED) is 0.416. The topological polar surface area (TPSA) is 30.7 Å². The summed E-state index contributed by atoms with van der Waals surface area (Å²) in [4.78, 5) is 4.69. The molecule has 3 aromatic carbocycles. The van der Waals surface area contributed by atoms with Crippen LogP contribution in [0.4, 0.5) is 0 Å². The molecule has 0 N–H and O–H groups in total. The average Bonchev–Trinajstić information content (AvgIpc) is 3.15. The average molecular weight is 347 g/mol. The van der Waals surface area contributed by atoms with Crippen LogP contribution in [-0.2, 0) is 0 Å². The van der Waals surface area contributed by atoms with Gasteiger partial charge in [0.05, 0.1) is 11.1 Å². The highest BCUT2D eigenvalue weighted by atomic mass is 15.3. The maximum atomic E-state index is 4.97. The SMILES string of the molecule is c1ccc(-c2ccnc3c2c(-c2ccccc2)nn3-c2ccccc2)cc1. The van der Waals surface area contributed by atoms with Crippen LogP contribution in [0.25, 0.3) is 39.1 Å². The van der Waals surface area contributed by atoms with Gasteiger partial charge in [-0.1, -0.05) is 78.9 Å². The van der Waals surface area contributed by atoms with Crippen molar-refractivity contribution in [3.8, 4) is 28.1 Å². The monoisotopic (exact) mass is 347 g/mol. The van der Waals surface area contributed by atoms with E-state index in [1.54, 1.807) is 0 Å². The number of para-hydroxylation sites is 1. The van der Waals surface area contributed by atoms with Crippen LogP contribution in [0.1, 0.15) is 0 Å². The summed E-state index contributed by atoms with van der Waals surface area (Å²) >= 11 is 0. The third-order valence-corrected chi connectivity index (χ3v) is 4.70. The first-order valence-electron chi connectivity index (χ1n) is 8.96. The normalized spacial score (nSPS) is 11.0. The predicted octanol–water partition coefficient (Wildman–Crippen LogP) is 5.75. The van der Waals surface area contributed by atoms with Gasteiger partial charge >= 0.3 is 0 Å². The molecule has 27 heavy (non-hydrogen) atoms. The molecule has 0 amide bonds. The van der Waals surface area contributed by atoms with E-state index in [2.05, 4.69) is 54.6 Å². The molecule has 2 aromatic heterocycles. The van der Waals surface area contributed by atoms with Crippen molar-refractivity contribution in [1.29, 1.82) is 0 Å². The maximum Gasteiger partial charge on any atom is 0.164 e. The largest absolute Gasteiger partial charge is 0.236 e. The highest BCUT2D eigenvalue weighted by Crippen LogP contribution is 2.36. The summed E-state index contributed by atoms with van der Waals surface area (Å²) in [6, 6.07) is 32.9. The second kappa shape index (κ2) is 6.54. The van der Waals surface area contributed by atoms with Gasteiger partial charge in [-0.15, -0.1) is 0 Å². The van der Waals surface area contributed by atoms with E-state index in [9.17, 15) is 0 Å². The molecular formula is C24H17N3. The molecule has 0 spiro atoms. The first kappa shape index (κ1) is 15.5. The Labute approximate surface area is 157 Å². The molecule has 0 aliphatic rings.